The summed E-state index contributed by atoms with van der Waals surface area (Å²) in [6, 6.07) is 17.2. The lowest BCUT2D eigenvalue weighted by Gasteiger charge is -2.28. The normalized spacial score (nSPS) is 17.9. The Morgan fingerprint density at radius 1 is 0.645 bits per heavy atom. The van der Waals surface area contributed by atoms with Crippen LogP contribution in [0.25, 0.3) is 0 Å². The number of unbranched alkanes of at least 4 members (excludes halogenated alkanes) is 2. The summed E-state index contributed by atoms with van der Waals surface area (Å²) in [5.41, 5.74) is 4.66. The zero-order valence-electron chi connectivity index (χ0n) is 19.6. The van der Waals surface area contributed by atoms with E-state index >= 15 is 0 Å². The fourth-order valence-electron chi connectivity index (χ4n) is 4.55. The van der Waals surface area contributed by atoms with Crippen molar-refractivity contribution in [3.63, 3.8) is 0 Å². The quantitative estimate of drug-likeness (QED) is 0.319. The monoisotopic (exact) mass is 410 g/mol. The molecule has 0 saturated heterocycles. The third-order valence-electron chi connectivity index (χ3n) is 6.58. The Morgan fingerprint density at radius 3 is 1.71 bits per heavy atom. The third kappa shape index (κ3) is 8.31. The van der Waals surface area contributed by atoms with Crippen LogP contribution in [0.1, 0.15) is 100 Å². The average Bonchev–Trinajstić information content (AvgIpc) is 2.82. The van der Waals surface area contributed by atoms with Gasteiger partial charge < -0.3 is 0 Å². The zero-order chi connectivity index (χ0) is 21.7. The second kappa shape index (κ2) is 13.1. The first-order valence-electron chi connectivity index (χ1n) is 12.5. The Hall–Kier alpha value is -2.44. The van der Waals surface area contributed by atoms with Crippen LogP contribution in [0.15, 0.2) is 48.5 Å². The molecule has 2 aromatic rings. The number of rotatable bonds is 7. The predicted molar refractivity (Wildman–Crippen MR) is 134 cm³/mol. The van der Waals surface area contributed by atoms with E-state index in [4.69, 9.17) is 0 Å². The van der Waals surface area contributed by atoms with Gasteiger partial charge in [0.2, 0.25) is 0 Å². The van der Waals surface area contributed by atoms with Crippen LogP contribution in [0.3, 0.4) is 0 Å². The zero-order valence-corrected chi connectivity index (χ0v) is 19.6. The van der Waals surface area contributed by atoms with E-state index in [1.165, 1.54) is 69.8 Å². The smallest absolute Gasteiger partial charge is 0.0249 e. The summed E-state index contributed by atoms with van der Waals surface area (Å²) in [7, 11) is 0. The Labute approximate surface area is 190 Å². The molecule has 1 saturated carbocycles. The van der Waals surface area contributed by atoms with Gasteiger partial charge in [0, 0.05) is 23.1 Å². The highest BCUT2D eigenvalue weighted by molar-refractivity contribution is 5.46. The second-order valence-electron chi connectivity index (χ2n) is 9.14. The van der Waals surface area contributed by atoms with E-state index < -0.39 is 0 Å². The van der Waals surface area contributed by atoms with Gasteiger partial charge in [0.05, 0.1) is 0 Å². The first-order chi connectivity index (χ1) is 15.3. The van der Waals surface area contributed by atoms with E-state index in [2.05, 4.69) is 86.1 Å². The molecule has 162 valence electrons. The molecule has 0 heterocycles. The Morgan fingerprint density at radius 2 is 1.16 bits per heavy atom. The maximum absolute atomic E-state index is 3.30. The van der Waals surface area contributed by atoms with Crippen molar-refractivity contribution in [3.05, 3.63) is 70.8 Å². The molecule has 2 aromatic carbocycles. The van der Waals surface area contributed by atoms with Crippen LogP contribution in [0.4, 0.5) is 0 Å². The second-order valence-corrected chi connectivity index (χ2v) is 9.14. The van der Waals surface area contributed by atoms with Gasteiger partial charge in [0.1, 0.15) is 0 Å². The highest BCUT2D eigenvalue weighted by Crippen LogP contribution is 2.33. The van der Waals surface area contributed by atoms with Gasteiger partial charge in [0.25, 0.3) is 0 Å². The number of benzene rings is 2. The summed E-state index contributed by atoms with van der Waals surface area (Å²) >= 11 is 0. The fourth-order valence-corrected chi connectivity index (χ4v) is 4.55. The van der Waals surface area contributed by atoms with Crippen LogP contribution in [-0.2, 0) is 6.42 Å². The molecule has 0 amide bonds. The lowest BCUT2D eigenvalue weighted by atomic mass is 9.78. The molecule has 0 spiro atoms. The van der Waals surface area contributed by atoms with Crippen LogP contribution in [0.2, 0.25) is 0 Å². The molecule has 0 heteroatoms. The average molecular weight is 411 g/mol. The maximum atomic E-state index is 3.30. The van der Waals surface area contributed by atoms with Gasteiger partial charge >= 0.3 is 0 Å². The fraction of sp³-hybridized carbons (Fsp3) is 0.484. The van der Waals surface area contributed by atoms with Crippen molar-refractivity contribution in [2.45, 2.75) is 84.5 Å². The summed E-state index contributed by atoms with van der Waals surface area (Å²) in [4.78, 5) is 0. The molecular weight excluding hydrogens is 372 g/mol. The molecule has 0 aliphatic heterocycles. The van der Waals surface area contributed by atoms with Crippen LogP contribution in [-0.4, -0.2) is 0 Å². The van der Waals surface area contributed by atoms with E-state index in [1.54, 1.807) is 0 Å². The molecule has 1 fully saturated rings. The number of hydrogen-bond donors (Lipinski definition) is 0. The van der Waals surface area contributed by atoms with Crippen molar-refractivity contribution < 1.29 is 0 Å². The molecule has 3 rings (SSSR count). The Balaban J connectivity index is 1.45. The molecule has 0 aromatic heterocycles. The van der Waals surface area contributed by atoms with Gasteiger partial charge in [-0.25, -0.2) is 0 Å². The van der Waals surface area contributed by atoms with Crippen LogP contribution < -0.4 is 0 Å². The van der Waals surface area contributed by atoms with Gasteiger partial charge in [-0.05, 0) is 73.1 Å². The van der Waals surface area contributed by atoms with Crippen LogP contribution >= 0.6 is 0 Å². The summed E-state index contributed by atoms with van der Waals surface area (Å²) < 4.78 is 0. The summed E-state index contributed by atoms with van der Waals surface area (Å²) in [6.07, 6.45) is 14.5. The van der Waals surface area contributed by atoms with Crippen LogP contribution in [0, 0.1) is 35.5 Å². The minimum Gasteiger partial charge on any atom is -0.0979 e. The predicted octanol–water partition coefficient (Wildman–Crippen LogP) is 8.17. The van der Waals surface area contributed by atoms with Crippen LogP contribution in [0.5, 0.6) is 0 Å². The van der Waals surface area contributed by atoms with Crippen molar-refractivity contribution >= 4 is 0 Å². The van der Waals surface area contributed by atoms with E-state index in [1.807, 2.05) is 0 Å². The van der Waals surface area contributed by atoms with Crippen molar-refractivity contribution in [2.24, 2.45) is 11.8 Å². The minimum absolute atomic E-state index is 0.937. The van der Waals surface area contributed by atoms with E-state index in [0.717, 1.165) is 34.9 Å². The number of hydrogen-bond acceptors (Lipinski definition) is 0. The Bertz CT molecular complexity index is 885. The van der Waals surface area contributed by atoms with Crippen molar-refractivity contribution in [3.8, 4) is 23.7 Å². The maximum Gasteiger partial charge on any atom is 0.0249 e. The molecule has 1 aliphatic rings. The van der Waals surface area contributed by atoms with Gasteiger partial charge in [-0.1, -0.05) is 94.6 Å². The topological polar surface area (TPSA) is 0 Å². The SMILES string of the molecule is CCCCC#Cc1ccc(C#Cc2ccc(CCC3CCC(CCC)CC3)cc2)cc1. The standard InChI is InChI=1S/C31H38/c1-3-5-6-7-9-27-12-16-29(17-13-27)19-21-31-24-22-30(23-25-31)20-18-28-14-10-26(8-4-2)11-15-28/h12-13,16-17,22-26,28H,3-6,8,10-11,14-15,18,20H2,1-2H3. The number of aryl methyl sites for hydroxylation is 1. The van der Waals surface area contributed by atoms with Crippen molar-refractivity contribution in [2.75, 3.05) is 0 Å². The molecule has 0 unspecified atom stereocenters. The molecule has 0 N–H and O–H groups in total. The van der Waals surface area contributed by atoms with E-state index in [-0.39, 0.29) is 0 Å². The summed E-state index contributed by atoms with van der Waals surface area (Å²) in [5, 5.41) is 0. The first kappa shape index (κ1) is 23.2. The molecule has 0 radical (unpaired) electrons. The van der Waals surface area contributed by atoms with Gasteiger partial charge in [-0.3, -0.25) is 0 Å². The first-order valence-corrected chi connectivity index (χ1v) is 12.5. The molecule has 31 heavy (non-hydrogen) atoms. The molecule has 0 atom stereocenters. The lowest BCUT2D eigenvalue weighted by Crippen LogP contribution is -2.15. The van der Waals surface area contributed by atoms with Crippen molar-refractivity contribution in [1.82, 2.24) is 0 Å². The summed E-state index contributed by atoms with van der Waals surface area (Å²) in [6.45, 7) is 4.52. The summed E-state index contributed by atoms with van der Waals surface area (Å²) in [5.74, 6) is 15.0. The largest absolute Gasteiger partial charge is 0.0979 e. The highest BCUT2D eigenvalue weighted by Gasteiger charge is 2.20. The minimum atomic E-state index is 0.937. The van der Waals surface area contributed by atoms with Crippen molar-refractivity contribution in [1.29, 1.82) is 0 Å². The highest BCUT2D eigenvalue weighted by atomic mass is 14.3. The van der Waals surface area contributed by atoms with Gasteiger partial charge in [-0.15, -0.1) is 0 Å². The van der Waals surface area contributed by atoms with Gasteiger partial charge in [0.15, 0.2) is 0 Å². The third-order valence-corrected chi connectivity index (χ3v) is 6.58. The molecule has 0 nitrogen and oxygen atoms in total. The Kier molecular flexibility index (Phi) is 9.80. The molecule has 1 aliphatic carbocycles. The van der Waals surface area contributed by atoms with E-state index in [0.29, 0.717) is 0 Å². The molecule has 0 bridgehead atoms. The van der Waals surface area contributed by atoms with Gasteiger partial charge in [-0.2, -0.15) is 0 Å². The lowest BCUT2D eigenvalue weighted by molar-refractivity contribution is 0.252. The van der Waals surface area contributed by atoms with E-state index in [9.17, 15) is 0 Å². The molecular formula is C31H38.